The second-order valence-corrected chi connectivity index (χ2v) is 10.1. The van der Waals surface area contributed by atoms with E-state index >= 15 is 0 Å². The fourth-order valence-corrected chi connectivity index (χ4v) is 5.90. The molecule has 2 N–H and O–H groups in total. The number of nitrogens with zero attached hydrogens (tertiary/aromatic N) is 4. The molecule has 3 heterocycles. The van der Waals surface area contributed by atoms with Gasteiger partial charge in [0.1, 0.15) is 10.0 Å². The summed E-state index contributed by atoms with van der Waals surface area (Å²) in [4.78, 5) is 22.9. The van der Waals surface area contributed by atoms with E-state index in [-0.39, 0.29) is 5.91 Å². The van der Waals surface area contributed by atoms with Crippen LogP contribution in [0.25, 0.3) is 0 Å². The van der Waals surface area contributed by atoms with Gasteiger partial charge in [0.2, 0.25) is 11.9 Å². The van der Waals surface area contributed by atoms with E-state index < -0.39 is 10.0 Å². The molecule has 0 spiro atoms. The number of hydrogen-bond acceptors (Lipinski definition) is 8. The molecule has 0 bridgehead atoms. The summed E-state index contributed by atoms with van der Waals surface area (Å²) in [7, 11) is -3.55. The standard InChI is InChI=1S/C18H26N6O3S2/c1-4-19-16-11-13(2)21-18(22-16)23-7-9-24(10-8-23)29(26,27)17-6-5-15(28-17)12-20-14(3)25/h5-6,11H,4,7-10,12H2,1-3H3,(H,20,25)(H,19,21,22). The topological polar surface area (TPSA) is 108 Å². The quantitative estimate of drug-likeness (QED) is 0.673. The molecule has 3 rings (SSSR count). The van der Waals surface area contributed by atoms with E-state index in [1.165, 1.54) is 22.6 Å². The number of aryl methyl sites for hydroxylation is 1. The van der Waals surface area contributed by atoms with Crippen LogP contribution in [-0.2, 0) is 21.4 Å². The highest BCUT2D eigenvalue weighted by molar-refractivity contribution is 7.91. The molecule has 1 amide bonds. The van der Waals surface area contributed by atoms with Crippen molar-refractivity contribution in [1.29, 1.82) is 0 Å². The van der Waals surface area contributed by atoms with Gasteiger partial charge >= 0.3 is 0 Å². The molecule has 0 atom stereocenters. The Bertz CT molecular complexity index is 968. The van der Waals surface area contributed by atoms with Gasteiger partial charge in [0.25, 0.3) is 10.0 Å². The molecule has 1 fully saturated rings. The lowest BCUT2D eigenvalue weighted by molar-refractivity contribution is -0.119. The first kappa shape index (κ1) is 21.5. The molecule has 0 saturated carbocycles. The highest BCUT2D eigenvalue weighted by Gasteiger charge is 2.30. The van der Waals surface area contributed by atoms with Gasteiger partial charge in [-0.1, -0.05) is 0 Å². The van der Waals surface area contributed by atoms with Crippen molar-refractivity contribution in [3.8, 4) is 0 Å². The molecule has 1 aliphatic heterocycles. The summed E-state index contributed by atoms with van der Waals surface area (Å²) in [5.41, 5.74) is 0.867. The predicted octanol–water partition coefficient (Wildman–Crippen LogP) is 1.43. The van der Waals surface area contributed by atoms with Gasteiger partial charge in [0, 0.05) is 56.3 Å². The number of hydrogen-bond donors (Lipinski definition) is 2. The number of piperazine rings is 1. The Morgan fingerprint density at radius 1 is 1.21 bits per heavy atom. The van der Waals surface area contributed by atoms with Crippen LogP contribution in [0.3, 0.4) is 0 Å². The SMILES string of the molecule is CCNc1cc(C)nc(N2CCN(S(=O)(=O)c3ccc(CNC(C)=O)s3)CC2)n1. The number of aromatic nitrogens is 2. The monoisotopic (exact) mass is 438 g/mol. The van der Waals surface area contributed by atoms with E-state index in [9.17, 15) is 13.2 Å². The normalized spacial score (nSPS) is 15.3. The van der Waals surface area contributed by atoms with Crippen molar-refractivity contribution in [2.75, 3.05) is 42.9 Å². The lowest BCUT2D eigenvalue weighted by Gasteiger charge is -2.33. The minimum Gasteiger partial charge on any atom is -0.370 e. The lowest BCUT2D eigenvalue weighted by Crippen LogP contribution is -2.49. The summed E-state index contributed by atoms with van der Waals surface area (Å²) in [6.45, 7) is 8.26. The number of carbonyl (C=O) groups is 1. The van der Waals surface area contributed by atoms with Crippen molar-refractivity contribution in [3.63, 3.8) is 0 Å². The van der Waals surface area contributed by atoms with Gasteiger partial charge < -0.3 is 15.5 Å². The molecular weight excluding hydrogens is 412 g/mol. The van der Waals surface area contributed by atoms with E-state index in [1.54, 1.807) is 12.1 Å². The molecule has 9 nitrogen and oxygen atoms in total. The van der Waals surface area contributed by atoms with Gasteiger partial charge in [-0.3, -0.25) is 4.79 Å². The summed E-state index contributed by atoms with van der Waals surface area (Å²) < 4.78 is 27.7. The molecule has 2 aromatic heterocycles. The van der Waals surface area contributed by atoms with Gasteiger partial charge in [0.15, 0.2) is 0 Å². The van der Waals surface area contributed by atoms with Gasteiger partial charge in [-0.15, -0.1) is 11.3 Å². The van der Waals surface area contributed by atoms with Crippen molar-refractivity contribution < 1.29 is 13.2 Å². The van der Waals surface area contributed by atoms with E-state index in [0.29, 0.717) is 42.9 Å². The van der Waals surface area contributed by atoms with Crippen molar-refractivity contribution in [3.05, 3.63) is 28.8 Å². The van der Waals surface area contributed by atoms with Crippen LogP contribution < -0.4 is 15.5 Å². The van der Waals surface area contributed by atoms with Crippen LogP contribution in [0.4, 0.5) is 11.8 Å². The number of sulfonamides is 1. The summed E-state index contributed by atoms with van der Waals surface area (Å²) in [5.74, 6) is 1.25. The Kier molecular flexibility index (Phi) is 6.70. The Hall–Kier alpha value is -2.24. The maximum Gasteiger partial charge on any atom is 0.252 e. The zero-order chi connectivity index (χ0) is 21.0. The van der Waals surface area contributed by atoms with Crippen LogP contribution in [-0.4, -0.2) is 61.3 Å². The second-order valence-electron chi connectivity index (χ2n) is 6.75. The van der Waals surface area contributed by atoms with Crippen molar-refractivity contribution in [1.82, 2.24) is 19.6 Å². The van der Waals surface area contributed by atoms with E-state index in [0.717, 1.165) is 22.9 Å². The second kappa shape index (κ2) is 9.06. The molecule has 11 heteroatoms. The molecule has 158 valence electrons. The Labute approximate surface area is 175 Å². The summed E-state index contributed by atoms with van der Waals surface area (Å²) in [5, 5.41) is 5.88. The largest absolute Gasteiger partial charge is 0.370 e. The summed E-state index contributed by atoms with van der Waals surface area (Å²) in [6, 6.07) is 5.24. The number of rotatable bonds is 7. The molecule has 2 aromatic rings. The van der Waals surface area contributed by atoms with Gasteiger partial charge in [-0.2, -0.15) is 9.29 Å². The average molecular weight is 439 g/mol. The molecule has 1 aliphatic rings. The third-order valence-electron chi connectivity index (χ3n) is 4.46. The predicted molar refractivity (Wildman–Crippen MR) is 114 cm³/mol. The van der Waals surface area contributed by atoms with E-state index in [2.05, 4.69) is 20.6 Å². The fourth-order valence-electron chi connectivity index (χ4n) is 3.03. The Balaban J connectivity index is 1.66. The first-order valence-electron chi connectivity index (χ1n) is 9.47. The van der Waals surface area contributed by atoms with E-state index in [4.69, 9.17) is 0 Å². The highest BCUT2D eigenvalue weighted by Crippen LogP contribution is 2.26. The first-order chi connectivity index (χ1) is 13.8. The molecule has 0 aromatic carbocycles. The molecule has 1 saturated heterocycles. The van der Waals surface area contributed by atoms with Crippen molar-refractivity contribution >= 4 is 39.0 Å². The third kappa shape index (κ3) is 5.22. The fraction of sp³-hybridized carbons (Fsp3) is 0.500. The maximum atomic E-state index is 13.0. The van der Waals surface area contributed by atoms with Crippen LogP contribution in [0.2, 0.25) is 0 Å². The molecule has 0 aliphatic carbocycles. The summed E-state index contributed by atoms with van der Waals surface area (Å²) >= 11 is 1.19. The highest BCUT2D eigenvalue weighted by atomic mass is 32.2. The minimum atomic E-state index is -3.55. The molecule has 0 unspecified atom stereocenters. The lowest BCUT2D eigenvalue weighted by atomic mass is 10.3. The number of anilines is 2. The first-order valence-corrected chi connectivity index (χ1v) is 11.7. The van der Waals surface area contributed by atoms with Gasteiger partial charge in [-0.05, 0) is 26.0 Å². The smallest absolute Gasteiger partial charge is 0.252 e. The van der Waals surface area contributed by atoms with Crippen molar-refractivity contribution in [2.45, 2.75) is 31.5 Å². The third-order valence-corrected chi connectivity index (χ3v) is 7.92. The average Bonchev–Trinajstić information content (AvgIpc) is 3.16. The summed E-state index contributed by atoms with van der Waals surface area (Å²) in [6.07, 6.45) is 0. The number of nitrogens with one attached hydrogen (secondary N) is 2. The van der Waals surface area contributed by atoms with Gasteiger partial charge in [-0.25, -0.2) is 13.4 Å². The zero-order valence-corrected chi connectivity index (χ0v) is 18.4. The number of carbonyl (C=O) groups excluding carboxylic acids is 1. The van der Waals surface area contributed by atoms with Crippen LogP contribution in [0.15, 0.2) is 22.4 Å². The van der Waals surface area contributed by atoms with Gasteiger partial charge in [0.05, 0.1) is 6.54 Å². The zero-order valence-electron chi connectivity index (χ0n) is 16.8. The minimum absolute atomic E-state index is 0.144. The molecule has 29 heavy (non-hydrogen) atoms. The van der Waals surface area contributed by atoms with Crippen LogP contribution in [0.5, 0.6) is 0 Å². The van der Waals surface area contributed by atoms with E-state index in [1.807, 2.05) is 24.8 Å². The molecule has 0 radical (unpaired) electrons. The van der Waals surface area contributed by atoms with Crippen LogP contribution in [0.1, 0.15) is 24.4 Å². The maximum absolute atomic E-state index is 13.0. The van der Waals surface area contributed by atoms with Crippen molar-refractivity contribution in [2.24, 2.45) is 0 Å². The number of amides is 1. The number of thiophene rings is 1. The van der Waals surface area contributed by atoms with Crippen LogP contribution >= 0.6 is 11.3 Å². The van der Waals surface area contributed by atoms with Crippen LogP contribution in [0, 0.1) is 6.92 Å². The Morgan fingerprint density at radius 2 is 1.93 bits per heavy atom. The molecular formula is C18H26N6O3S2. The Morgan fingerprint density at radius 3 is 2.59 bits per heavy atom.